The number of aromatic nitrogens is 3. The number of nitrogens with zero attached hydrogens (tertiary/aromatic N) is 3. The normalized spacial score (nSPS) is 10.8. The third kappa shape index (κ3) is 3.08. The maximum atomic E-state index is 12.5. The van der Waals surface area contributed by atoms with E-state index in [2.05, 4.69) is 10.1 Å². The molecule has 0 fully saturated rings. The average Bonchev–Trinajstić information content (AvgIpc) is 3.13. The molecule has 0 atom stereocenters. The van der Waals surface area contributed by atoms with Crippen LogP contribution < -0.4 is 0 Å². The van der Waals surface area contributed by atoms with Gasteiger partial charge in [-0.1, -0.05) is 29.8 Å². The Balaban J connectivity index is 1.85. The number of nitrogens with one attached hydrogen (secondary N) is 1. The molecule has 1 amide bonds. The molecule has 124 valence electrons. The molecule has 0 saturated heterocycles. The van der Waals surface area contributed by atoms with Crippen LogP contribution in [-0.2, 0) is 6.54 Å². The summed E-state index contributed by atoms with van der Waals surface area (Å²) >= 11 is 5.88. The number of halogens is 1. The summed E-state index contributed by atoms with van der Waals surface area (Å²) < 4.78 is 1.91. The largest absolute Gasteiger partial charge is 0.356 e. The van der Waals surface area contributed by atoms with E-state index in [1.54, 1.807) is 24.2 Å². The summed E-state index contributed by atoms with van der Waals surface area (Å²) in [6, 6.07) is 11.6. The molecule has 0 aliphatic heterocycles. The summed E-state index contributed by atoms with van der Waals surface area (Å²) in [6.45, 7) is 4.47. The van der Waals surface area contributed by atoms with Gasteiger partial charge in [0.2, 0.25) is 0 Å². The van der Waals surface area contributed by atoms with Crippen LogP contribution in [-0.4, -0.2) is 32.6 Å². The predicted molar refractivity (Wildman–Crippen MR) is 94.6 cm³/mol. The third-order valence-electron chi connectivity index (χ3n) is 4.06. The van der Waals surface area contributed by atoms with Crippen LogP contribution in [0.5, 0.6) is 0 Å². The van der Waals surface area contributed by atoms with Crippen LogP contribution >= 0.6 is 11.6 Å². The lowest BCUT2D eigenvalue weighted by Crippen LogP contribution is -2.27. The molecule has 1 aromatic carbocycles. The summed E-state index contributed by atoms with van der Waals surface area (Å²) in [4.78, 5) is 17.0. The van der Waals surface area contributed by atoms with E-state index in [1.807, 2.05) is 48.9 Å². The van der Waals surface area contributed by atoms with Gasteiger partial charge in [-0.05, 0) is 32.0 Å². The van der Waals surface area contributed by atoms with E-state index in [-0.39, 0.29) is 5.91 Å². The molecular formula is C18H19ClN4O. The monoisotopic (exact) mass is 342 g/mol. The van der Waals surface area contributed by atoms with Crippen molar-refractivity contribution < 1.29 is 4.79 Å². The van der Waals surface area contributed by atoms with Crippen molar-refractivity contribution in [2.24, 2.45) is 0 Å². The minimum Gasteiger partial charge on any atom is -0.356 e. The summed E-state index contributed by atoms with van der Waals surface area (Å²) in [6.07, 6.45) is 1.60. The molecule has 5 nitrogen and oxygen atoms in total. The third-order valence-corrected chi connectivity index (χ3v) is 4.28. The van der Waals surface area contributed by atoms with Gasteiger partial charge < -0.3 is 9.88 Å². The number of para-hydroxylation sites is 1. The number of carbonyl (C=O) groups is 1. The van der Waals surface area contributed by atoms with E-state index in [9.17, 15) is 4.79 Å². The van der Waals surface area contributed by atoms with E-state index < -0.39 is 0 Å². The summed E-state index contributed by atoms with van der Waals surface area (Å²) in [7, 11) is 1.77. The van der Waals surface area contributed by atoms with Gasteiger partial charge in [0, 0.05) is 31.0 Å². The van der Waals surface area contributed by atoms with Crippen LogP contribution in [0.25, 0.3) is 5.69 Å². The number of benzene rings is 1. The molecule has 3 rings (SSSR count). The first-order valence-electron chi connectivity index (χ1n) is 7.67. The first kappa shape index (κ1) is 16.3. The lowest BCUT2D eigenvalue weighted by molar-refractivity contribution is 0.0779. The number of rotatable bonds is 4. The van der Waals surface area contributed by atoms with Gasteiger partial charge in [-0.3, -0.25) is 4.79 Å². The molecule has 3 aromatic rings. The van der Waals surface area contributed by atoms with Crippen LogP contribution in [0.2, 0.25) is 5.02 Å². The highest BCUT2D eigenvalue weighted by atomic mass is 35.5. The zero-order valence-electron chi connectivity index (χ0n) is 13.9. The van der Waals surface area contributed by atoms with E-state index in [0.29, 0.717) is 17.3 Å². The molecule has 24 heavy (non-hydrogen) atoms. The minimum absolute atomic E-state index is 0.104. The van der Waals surface area contributed by atoms with Crippen molar-refractivity contribution in [1.82, 2.24) is 19.7 Å². The summed E-state index contributed by atoms with van der Waals surface area (Å²) in [5, 5.41) is 5.14. The van der Waals surface area contributed by atoms with Gasteiger partial charge in [-0.15, -0.1) is 0 Å². The van der Waals surface area contributed by atoms with Gasteiger partial charge in [0.15, 0.2) is 0 Å². The fraction of sp³-hybridized carbons (Fsp3) is 0.222. The van der Waals surface area contributed by atoms with Crippen molar-refractivity contribution in [3.8, 4) is 5.69 Å². The van der Waals surface area contributed by atoms with Crippen molar-refractivity contribution in [3.05, 3.63) is 70.3 Å². The Bertz CT molecular complexity index is 867. The zero-order valence-corrected chi connectivity index (χ0v) is 14.6. The van der Waals surface area contributed by atoms with E-state index >= 15 is 0 Å². The van der Waals surface area contributed by atoms with E-state index in [1.165, 1.54) is 0 Å². The molecule has 0 radical (unpaired) electrons. The number of carbonyl (C=O) groups excluding carboxylic acids is 1. The van der Waals surface area contributed by atoms with Crippen LogP contribution in [0.15, 0.2) is 42.6 Å². The van der Waals surface area contributed by atoms with Crippen molar-refractivity contribution in [2.45, 2.75) is 20.4 Å². The van der Waals surface area contributed by atoms with Crippen LogP contribution in [0.4, 0.5) is 0 Å². The molecule has 6 heteroatoms. The molecule has 0 spiro atoms. The lowest BCUT2D eigenvalue weighted by atomic mass is 10.2. The molecule has 0 bridgehead atoms. The number of hydrogen-bond acceptors (Lipinski definition) is 2. The van der Waals surface area contributed by atoms with Crippen LogP contribution in [0.3, 0.4) is 0 Å². The molecular weight excluding hydrogens is 324 g/mol. The Kier molecular flexibility index (Phi) is 4.44. The van der Waals surface area contributed by atoms with Gasteiger partial charge in [-0.25, -0.2) is 4.68 Å². The Morgan fingerprint density at radius 1 is 1.29 bits per heavy atom. The Morgan fingerprint density at radius 2 is 2.00 bits per heavy atom. The molecule has 2 heterocycles. The van der Waals surface area contributed by atoms with Gasteiger partial charge in [0.1, 0.15) is 5.69 Å². The van der Waals surface area contributed by atoms with Gasteiger partial charge in [0.05, 0.1) is 16.4 Å². The second-order valence-corrected chi connectivity index (χ2v) is 6.23. The molecule has 0 aliphatic rings. The molecule has 0 saturated carbocycles. The maximum Gasteiger partial charge on any atom is 0.270 e. The number of aromatic amines is 1. The highest BCUT2D eigenvalue weighted by Crippen LogP contribution is 2.20. The van der Waals surface area contributed by atoms with Gasteiger partial charge in [-0.2, -0.15) is 5.10 Å². The summed E-state index contributed by atoms with van der Waals surface area (Å²) in [5.41, 5.74) is 4.48. The van der Waals surface area contributed by atoms with Crippen molar-refractivity contribution in [2.75, 3.05) is 7.05 Å². The molecule has 0 unspecified atom stereocenters. The first-order chi connectivity index (χ1) is 11.5. The highest BCUT2D eigenvalue weighted by molar-refractivity contribution is 6.30. The lowest BCUT2D eigenvalue weighted by Gasteiger charge is -2.16. The second kappa shape index (κ2) is 6.53. The van der Waals surface area contributed by atoms with E-state index in [4.69, 9.17) is 11.6 Å². The SMILES string of the molecule is Cc1nn(-c2ccccc2)c(C)c1CN(C)C(=O)c1cc(Cl)c[nH]1. The quantitative estimate of drug-likeness (QED) is 0.785. The summed E-state index contributed by atoms with van der Waals surface area (Å²) in [5.74, 6) is -0.104. The van der Waals surface area contributed by atoms with Crippen LogP contribution in [0, 0.1) is 13.8 Å². The molecule has 0 aliphatic carbocycles. The second-order valence-electron chi connectivity index (χ2n) is 5.79. The Morgan fingerprint density at radius 3 is 2.62 bits per heavy atom. The number of aryl methyl sites for hydroxylation is 1. The first-order valence-corrected chi connectivity index (χ1v) is 8.05. The standard InChI is InChI=1S/C18H19ClN4O/c1-12-16(11-22(3)18(24)17-9-14(19)10-20-17)13(2)23(21-12)15-7-5-4-6-8-15/h4-10,20H,11H2,1-3H3. The maximum absolute atomic E-state index is 12.5. The minimum atomic E-state index is -0.104. The number of H-pyrrole nitrogens is 1. The van der Waals surface area contributed by atoms with Gasteiger partial charge in [0.25, 0.3) is 5.91 Å². The number of amides is 1. The highest BCUT2D eigenvalue weighted by Gasteiger charge is 2.19. The van der Waals surface area contributed by atoms with Crippen LogP contribution in [0.1, 0.15) is 27.4 Å². The molecule has 1 N–H and O–H groups in total. The fourth-order valence-electron chi connectivity index (χ4n) is 2.73. The Hall–Kier alpha value is -2.53. The van der Waals surface area contributed by atoms with Gasteiger partial charge >= 0.3 is 0 Å². The smallest absolute Gasteiger partial charge is 0.270 e. The van der Waals surface area contributed by atoms with Crippen molar-refractivity contribution >= 4 is 17.5 Å². The zero-order chi connectivity index (χ0) is 17.3. The fourth-order valence-corrected chi connectivity index (χ4v) is 2.89. The Labute approximate surface area is 145 Å². The molecule has 2 aromatic heterocycles. The predicted octanol–water partition coefficient (Wildman–Crippen LogP) is 3.74. The van der Waals surface area contributed by atoms with E-state index in [0.717, 1.165) is 22.6 Å². The van der Waals surface area contributed by atoms with Crippen molar-refractivity contribution in [3.63, 3.8) is 0 Å². The number of hydrogen-bond donors (Lipinski definition) is 1. The topological polar surface area (TPSA) is 53.9 Å². The average molecular weight is 343 g/mol. The van der Waals surface area contributed by atoms with Crippen molar-refractivity contribution in [1.29, 1.82) is 0 Å².